The van der Waals surface area contributed by atoms with Crippen LogP contribution in [0.3, 0.4) is 0 Å². The van der Waals surface area contributed by atoms with E-state index in [9.17, 15) is 14.9 Å². The van der Waals surface area contributed by atoms with E-state index >= 15 is 0 Å². The normalized spacial score (nSPS) is 20.9. The van der Waals surface area contributed by atoms with Gasteiger partial charge in [0.15, 0.2) is 0 Å². The van der Waals surface area contributed by atoms with Gasteiger partial charge in [0, 0.05) is 24.8 Å². The first kappa shape index (κ1) is 14.2. The summed E-state index contributed by atoms with van der Waals surface area (Å²) >= 11 is 0. The molecule has 0 unspecified atom stereocenters. The summed E-state index contributed by atoms with van der Waals surface area (Å²) in [4.78, 5) is 22.2. The number of methoxy groups -OCH3 is 1. The Hall–Kier alpha value is -2.19. The van der Waals surface area contributed by atoms with E-state index in [1.807, 2.05) is 0 Å². The second-order valence-corrected chi connectivity index (χ2v) is 4.63. The molecule has 1 aliphatic rings. The molecule has 108 valence electrons. The highest BCUT2D eigenvalue weighted by atomic mass is 16.6. The molecule has 1 saturated carbocycles. The third-order valence-electron chi connectivity index (χ3n) is 3.37. The van der Waals surface area contributed by atoms with Gasteiger partial charge >= 0.3 is 0 Å². The second kappa shape index (κ2) is 5.85. The Labute approximate surface area is 115 Å². The zero-order chi connectivity index (χ0) is 14.7. The van der Waals surface area contributed by atoms with Crippen LogP contribution in [0.15, 0.2) is 18.2 Å². The molecule has 4 N–H and O–H groups in total. The van der Waals surface area contributed by atoms with Gasteiger partial charge < -0.3 is 15.5 Å². The van der Waals surface area contributed by atoms with Crippen LogP contribution in [0.4, 0.5) is 11.4 Å². The van der Waals surface area contributed by atoms with Crippen LogP contribution < -0.4 is 16.6 Å². The number of nitrogens with one attached hydrogen (secondary N) is 2. The van der Waals surface area contributed by atoms with Crippen molar-refractivity contribution in [3.8, 4) is 0 Å². The summed E-state index contributed by atoms with van der Waals surface area (Å²) in [6.45, 7) is 0. The maximum atomic E-state index is 12.0. The average Bonchev–Trinajstić information content (AvgIpc) is 2.41. The molecule has 0 bridgehead atoms. The van der Waals surface area contributed by atoms with E-state index in [4.69, 9.17) is 10.6 Å². The minimum Gasteiger partial charge on any atom is -0.381 e. The van der Waals surface area contributed by atoms with Crippen LogP contribution in [0.2, 0.25) is 0 Å². The quantitative estimate of drug-likeness (QED) is 0.416. The number of hydrogen-bond donors (Lipinski definition) is 3. The number of hydrogen-bond acceptors (Lipinski definition) is 6. The second-order valence-electron chi connectivity index (χ2n) is 4.63. The Morgan fingerprint density at radius 2 is 2.20 bits per heavy atom. The molecule has 20 heavy (non-hydrogen) atoms. The summed E-state index contributed by atoms with van der Waals surface area (Å²) < 4.78 is 5.13. The van der Waals surface area contributed by atoms with Gasteiger partial charge in [0.05, 0.1) is 11.0 Å². The lowest BCUT2D eigenvalue weighted by atomic mass is 9.89. The Kier molecular flexibility index (Phi) is 4.16. The third kappa shape index (κ3) is 2.86. The summed E-state index contributed by atoms with van der Waals surface area (Å²) in [6.07, 6.45) is 1.74. The lowest BCUT2D eigenvalue weighted by Crippen LogP contribution is -2.47. The lowest BCUT2D eigenvalue weighted by molar-refractivity contribution is -0.384. The van der Waals surface area contributed by atoms with Crippen LogP contribution in [-0.2, 0) is 4.74 Å². The fourth-order valence-corrected chi connectivity index (χ4v) is 2.10. The topological polar surface area (TPSA) is 120 Å². The zero-order valence-corrected chi connectivity index (χ0v) is 11.0. The number of ether oxygens (including phenoxy) is 1. The smallest absolute Gasteiger partial charge is 0.293 e. The van der Waals surface area contributed by atoms with Crippen LogP contribution in [0.1, 0.15) is 23.2 Å². The minimum absolute atomic E-state index is 0.0805. The standard InChI is InChI=1S/C12H16N4O4/c1-20-9-5-8(6-9)14-12(17)7-2-3-11(16(18)19)10(4-7)15-13/h2-4,8-9,15H,5-6,13H2,1H3,(H,14,17). The lowest BCUT2D eigenvalue weighted by Gasteiger charge is -2.34. The summed E-state index contributed by atoms with van der Waals surface area (Å²) in [5.74, 6) is 4.95. The Bertz CT molecular complexity index is 528. The van der Waals surface area contributed by atoms with Crippen molar-refractivity contribution in [3.63, 3.8) is 0 Å². The summed E-state index contributed by atoms with van der Waals surface area (Å²) in [5, 5.41) is 13.6. The number of hydrazine groups is 1. The molecule has 0 aromatic heterocycles. The predicted molar refractivity (Wildman–Crippen MR) is 72.2 cm³/mol. The van der Waals surface area contributed by atoms with Crippen LogP contribution in [-0.4, -0.2) is 30.1 Å². The maximum Gasteiger partial charge on any atom is 0.293 e. The maximum absolute atomic E-state index is 12.0. The van der Waals surface area contributed by atoms with Crippen molar-refractivity contribution >= 4 is 17.3 Å². The van der Waals surface area contributed by atoms with Crippen molar-refractivity contribution in [2.24, 2.45) is 5.84 Å². The highest BCUT2D eigenvalue weighted by molar-refractivity contribution is 5.96. The first-order chi connectivity index (χ1) is 9.55. The van der Waals surface area contributed by atoms with Crippen molar-refractivity contribution in [1.29, 1.82) is 0 Å². The number of amides is 1. The van der Waals surface area contributed by atoms with E-state index in [-0.39, 0.29) is 29.4 Å². The summed E-state index contributed by atoms with van der Waals surface area (Å²) in [7, 11) is 1.64. The largest absolute Gasteiger partial charge is 0.381 e. The molecular formula is C12H16N4O4. The first-order valence-corrected chi connectivity index (χ1v) is 6.14. The van der Waals surface area contributed by atoms with Gasteiger partial charge in [-0.25, -0.2) is 0 Å². The molecule has 8 nitrogen and oxygen atoms in total. The average molecular weight is 280 g/mol. The van der Waals surface area contributed by atoms with Crippen molar-refractivity contribution < 1.29 is 14.5 Å². The highest BCUT2D eigenvalue weighted by Crippen LogP contribution is 2.26. The van der Waals surface area contributed by atoms with Crippen LogP contribution in [0, 0.1) is 10.1 Å². The van der Waals surface area contributed by atoms with E-state index < -0.39 is 4.92 Å². The SMILES string of the molecule is COC1CC(NC(=O)c2ccc([N+](=O)[O-])c(NN)c2)C1. The number of nitro benzene ring substituents is 1. The third-order valence-corrected chi connectivity index (χ3v) is 3.37. The van der Waals surface area contributed by atoms with E-state index in [1.165, 1.54) is 18.2 Å². The molecule has 2 rings (SSSR count). The molecule has 1 fully saturated rings. The van der Waals surface area contributed by atoms with Crippen molar-refractivity contribution in [1.82, 2.24) is 5.32 Å². The van der Waals surface area contributed by atoms with Gasteiger partial charge in [-0.1, -0.05) is 0 Å². The van der Waals surface area contributed by atoms with E-state index in [1.54, 1.807) is 7.11 Å². The van der Waals surface area contributed by atoms with Gasteiger partial charge in [0.1, 0.15) is 5.69 Å². The van der Waals surface area contributed by atoms with E-state index in [0.717, 1.165) is 12.8 Å². The molecule has 0 heterocycles. The fourth-order valence-electron chi connectivity index (χ4n) is 2.10. The molecule has 1 aromatic rings. The summed E-state index contributed by atoms with van der Waals surface area (Å²) in [5.41, 5.74) is 2.48. The number of carbonyl (C=O) groups excluding carboxylic acids is 1. The molecule has 0 spiro atoms. The number of nitrogen functional groups attached to an aromatic ring is 1. The van der Waals surface area contributed by atoms with Crippen molar-refractivity contribution in [2.75, 3.05) is 12.5 Å². The molecule has 0 atom stereocenters. The molecule has 1 amide bonds. The Balaban J connectivity index is 2.05. The number of nitro groups is 1. The number of benzene rings is 1. The summed E-state index contributed by atoms with van der Waals surface area (Å²) in [6, 6.07) is 4.10. The Morgan fingerprint density at radius 1 is 1.50 bits per heavy atom. The van der Waals surface area contributed by atoms with Crippen molar-refractivity contribution in [2.45, 2.75) is 25.0 Å². The predicted octanol–water partition coefficient (Wildman–Crippen LogP) is 0.788. The van der Waals surface area contributed by atoms with Crippen LogP contribution >= 0.6 is 0 Å². The van der Waals surface area contributed by atoms with Gasteiger partial charge in [0.25, 0.3) is 11.6 Å². The number of carbonyl (C=O) groups is 1. The number of anilines is 1. The van der Waals surface area contributed by atoms with Gasteiger partial charge in [-0.3, -0.25) is 20.8 Å². The zero-order valence-electron chi connectivity index (χ0n) is 11.0. The molecule has 1 aromatic carbocycles. The molecule has 8 heteroatoms. The molecule has 0 saturated heterocycles. The fraction of sp³-hybridized carbons (Fsp3) is 0.417. The van der Waals surface area contributed by atoms with Gasteiger partial charge in [0.2, 0.25) is 0 Å². The van der Waals surface area contributed by atoms with E-state index in [2.05, 4.69) is 10.7 Å². The monoisotopic (exact) mass is 280 g/mol. The van der Waals surface area contributed by atoms with Crippen LogP contribution in [0.25, 0.3) is 0 Å². The van der Waals surface area contributed by atoms with E-state index in [0.29, 0.717) is 5.56 Å². The van der Waals surface area contributed by atoms with Crippen LogP contribution in [0.5, 0.6) is 0 Å². The minimum atomic E-state index is -0.563. The number of nitrogens with zero attached hydrogens (tertiary/aromatic N) is 1. The molecule has 1 aliphatic carbocycles. The van der Waals surface area contributed by atoms with Gasteiger partial charge in [-0.2, -0.15) is 0 Å². The Morgan fingerprint density at radius 3 is 2.75 bits per heavy atom. The van der Waals surface area contributed by atoms with Crippen molar-refractivity contribution in [3.05, 3.63) is 33.9 Å². The number of rotatable bonds is 5. The van der Waals surface area contributed by atoms with Gasteiger partial charge in [-0.15, -0.1) is 0 Å². The molecule has 0 radical (unpaired) electrons. The molecular weight excluding hydrogens is 264 g/mol. The number of nitrogens with two attached hydrogens (primary N) is 1. The van der Waals surface area contributed by atoms with Gasteiger partial charge in [-0.05, 0) is 25.0 Å². The highest BCUT2D eigenvalue weighted by Gasteiger charge is 2.30. The molecule has 0 aliphatic heterocycles. The first-order valence-electron chi connectivity index (χ1n) is 6.14.